The van der Waals surface area contributed by atoms with Gasteiger partial charge in [-0.25, -0.2) is 0 Å². The molecule has 2 atom stereocenters. The molecule has 1 N–H and O–H groups in total. The zero-order valence-electron chi connectivity index (χ0n) is 13.6. The van der Waals surface area contributed by atoms with Crippen molar-refractivity contribution in [1.29, 1.82) is 0 Å². The van der Waals surface area contributed by atoms with Crippen LogP contribution in [0.15, 0.2) is 47.8 Å². The van der Waals surface area contributed by atoms with Gasteiger partial charge in [-0.2, -0.15) is 0 Å². The molecule has 0 saturated carbocycles. The Kier molecular flexibility index (Phi) is 5.47. The van der Waals surface area contributed by atoms with Crippen LogP contribution in [0, 0.1) is 0 Å². The van der Waals surface area contributed by atoms with Crippen molar-refractivity contribution in [3.8, 4) is 0 Å². The van der Waals surface area contributed by atoms with Crippen LogP contribution in [-0.2, 0) is 11.2 Å². The van der Waals surface area contributed by atoms with Crippen molar-refractivity contribution in [3.05, 3.63) is 58.3 Å². The maximum Gasteiger partial charge on any atom is 0.222 e. The van der Waals surface area contributed by atoms with Crippen molar-refractivity contribution < 1.29 is 4.79 Å². The molecule has 1 aromatic heterocycles. The summed E-state index contributed by atoms with van der Waals surface area (Å²) in [5.74, 6) is 0.280. The smallest absolute Gasteiger partial charge is 0.222 e. The first-order chi connectivity index (χ1) is 11.2. The quantitative estimate of drug-likeness (QED) is 0.878. The number of aryl methyl sites for hydroxylation is 1. The molecule has 1 saturated heterocycles. The Bertz CT molecular complexity index is 612. The van der Waals surface area contributed by atoms with Gasteiger partial charge in [0.1, 0.15) is 0 Å². The number of hydrogen-bond acceptors (Lipinski definition) is 3. The number of benzene rings is 1. The van der Waals surface area contributed by atoms with Crippen molar-refractivity contribution in [2.45, 2.75) is 38.3 Å². The number of carbonyl (C=O) groups is 1. The van der Waals surface area contributed by atoms with Crippen LogP contribution >= 0.6 is 11.3 Å². The molecule has 0 aliphatic carbocycles. The summed E-state index contributed by atoms with van der Waals surface area (Å²) in [6, 6.07) is 15.3. The molecular formula is C19H24N2OS. The van der Waals surface area contributed by atoms with Crippen LogP contribution < -0.4 is 5.32 Å². The van der Waals surface area contributed by atoms with E-state index in [-0.39, 0.29) is 5.91 Å². The molecule has 0 spiro atoms. The van der Waals surface area contributed by atoms with E-state index >= 15 is 0 Å². The van der Waals surface area contributed by atoms with Gasteiger partial charge in [0.05, 0.1) is 0 Å². The molecule has 0 bridgehead atoms. The minimum atomic E-state index is 0.280. The lowest BCUT2D eigenvalue weighted by atomic mass is 10.1. The summed E-state index contributed by atoms with van der Waals surface area (Å²) in [5, 5.41) is 5.77. The third-order valence-electron chi connectivity index (χ3n) is 4.47. The maximum absolute atomic E-state index is 12.4. The van der Waals surface area contributed by atoms with Gasteiger partial charge in [-0.1, -0.05) is 36.4 Å². The van der Waals surface area contributed by atoms with E-state index in [2.05, 4.69) is 41.9 Å². The fourth-order valence-corrected chi connectivity index (χ4v) is 3.89. The van der Waals surface area contributed by atoms with E-state index in [1.807, 2.05) is 23.1 Å². The molecule has 2 heterocycles. The third-order valence-corrected chi connectivity index (χ3v) is 5.52. The van der Waals surface area contributed by atoms with Crippen LogP contribution in [0.1, 0.15) is 36.2 Å². The van der Waals surface area contributed by atoms with E-state index in [4.69, 9.17) is 0 Å². The molecule has 2 aromatic rings. The van der Waals surface area contributed by atoms with E-state index in [0.29, 0.717) is 18.5 Å². The van der Waals surface area contributed by atoms with Crippen molar-refractivity contribution in [2.75, 3.05) is 13.1 Å². The Morgan fingerprint density at radius 1 is 1.30 bits per heavy atom. The number of amides is 1. The zero-order chi connectivity index (χ0) is 16.1. The molecular weight excluding hydrogens is 304 g/mol. The lowest BCUT2D eigenvalue weighted by molar-refractivity contribution is -0.130. The van der Waals surface area contributed by atoms with E-state index in [9.17, 15) is 4.79 Å². The van der Waals surface area contributed by atoms with Gasteiger partial charge in [-0.15, -0.1) is 11.3 Å². The van der Waals surface area contributed by atoms with Crippen LogP contribution in [0.4, 0.5) is 0 Å². The van der Waals surface area contributed by atoms with Gasteiger partial charge in [0.15, 0.2) is 0 Å². The van der Waals surface area contributed by atoms with Gasteiger partial charge in [0.2, 0.25) is 5.91 Å². The third kappa shape index (κ3) is 4.43. The Labute approximate surface area is 142 Å². The van der Waals surface area contributed by atoms with E-state index in [1.165, 1.54) is 10.4 Å². The molecule has 1 fully saturated rings. The highest BCUT2D eigenvalue weighted by Gasteiger charge is 2.27. The average molecular weight is 328 g/mol. The monoisotopic (exact) mass is 328 g/mol. The van der Waals surface area contributed by atoms with Crippen LogP contribution in [0.3, 0.4) is 0 Å². The average Bonchev–Trinajstić information content (AvgIpc) is 3.25. The number of thiophene rings is 1. The second-order valence-electron chi connectivity index (χ2n) is 6.21. The minimum Gasteiger partial charge on any atom is -0.341 e. The van der Waals surface area contributed by atoms with Gasteiger partial charge >= 0.3 is 0 Å². The molecule has 1 aliphatic heterocycles. The lowest BCUT2D eigenvalue weighted by Gasteiger charge is -2.20. The summed E-state index contributed by atoms with van der Waals surface area (Å²) >= 11 is 1.78. The number of hydrogen-bond donors (Lipinski definition) is 1. The number of nitrogens with one attached hydrogen (secondary N) is 1. The molecule has 0 radical (unpaired) electrons. The van der Waals surface area contributed by atoms with Gasteiger partial charge in [-0.3, -0.25) is 4.79 Å². The Balaban J connectivity index is 1.44. The molecule has 1 aromatic carbocycles. The van der Waals surface area contributed by atoms with Crippen LogP contribution in [0.25, 0.3) is 0 Å². The molecule has 4 heteroatoms. The van der Waals surface area contributed by atoms with E-state index < -0.39 is 0 Å². The molecule has 3 nitrogen and oxygen atoms in total. The first kappa shape index (κ1) is 16.2. The number of carbonyl (C=O) groups excluding carboxylic acids is 1. The highest BCUT2D eigenvalue weighted by molar-refractivity contribution is 7.10. The maximum atomic E-state index is 12.4. The summed E-state index contributed by atoms with van der Waals surface area (Å²) in [7, 11) is 0. The van der Waals surface area contributed by atoms with Crippen molar-refractivity contribution in [3.63, 3.8) is 0 Å². The van der Waals surface area contributed by atoms with E-state index in [1.54, 1.807) is 11.3 Å². The van der Waals surface area contributed by atoms with Crippen molar-refractivity contribution in [1.82, 2.24) is 10.2 Å². The first-order valence-electron chi connectivity index (χ1n) is 8.33. The minimum absolute atomic E-state index is 0.280. The Hall–Kier alpha value is -1.65. The van der Waals surface area contributed by atoms with Gasteiger partial charge in [-0.05, 0) is 36.8 Å². The summed E-state index contributed by atoms with van der Waals surface area (Å²) in [6.45, 7) is 3.91. The normalized spacial score (nSPS) is 19.0. The molecule has 0 unspecified atom stereocenters. The predicted molar refractivity (Wildman–Crippen MR) is 95.6 cm³/mol. The highest BCUT2D eigenvalue weighted by Crippen LogP contribution is 2.21. The molecule has 122 valence electrons. The van der Waals surface area contributed by atoms with Gasteiger partial charge in [0, 0.05) is 36.5 Å². The lowest BCUT2D eigenvalue weighted by Crippen LogP contribution is -2.36. The summed E-state index contributed by atoms with van der Waals surface area (Å²) in [5.41, 5.74) is 1.24. The van der Waals surface area contributed by atoms with Crippen LogP contribution in [0.2, 0.25) is 0 Å². The number of likely N-dealkylation sites (tertiary alicyclic amines) is 1. The fourth-order valence-electron chi connectivity index (χ4n) is 3.15. The summed E-state index contributed by atoms with van der Waals surface area (Å²) in [4.78, 5) is 15.8. The highest BCUT2D eigenvalue weighted by atomic mass is 32.1. The molecule has 1 amide bonds. The van der Waals surface area contributed by atoms with Crippen molar-refractivity contribution >= 4 is 17.2 Å². The molecule has 23 heavy (non-hydrogen) atoms. The molecule has 3 rings (SSSR count). The standard InChI is InChI=1S/C19H24N2OS/c1-15(18-8-5-13-23-18)20-17-11-12-21(14-17)19(22)10-9-16-6-3-2-4-7-16/h2-8,13,15,17,20H,9-12,14H2,1H3/t15-,17+/m0/s1. The van der Waals surface area contributed by atoms with E-state index in [0.717, 1.165) is 25.9 Å². The SMILES string of the molecule is C[C@H](N[C@@H]1CCN(C(=O)CCc2ccccc2)C1)c1cccs1. The zero-order valence-corrected chi connectivity index (χ0v) is 14.4. The summed E-state index contributed by atoms with van der Waals surface area (Å²) in [6.07, 6.45) is 2.49. The van der Waals surface area contributed by atoms with Gasteiger partial charge in [0.25, 0.3) is 0 Å². The number of rotatable bonds is 6. The predicted octanol–water partition coefficient (Wildman–Crippen LogP) is 3.63. The van der Waals surface area contributed by atoms with Crippen molar-refractivity contribution in [2.24, 2.45) is 0 Å². The second-order valence-corrected chi connectivity index (χ2v) is 7.19. The number of nitrogens with zero attached hydrogens (tertiary/aromatic N) is 1. The molecule has 1 aliphatic rings. The Morgan fingerprint density at radius 3 is 2.87 bits per heavy atom. The van der Waals surface area contributed by atoms with Crippen LogP contribution in [0.5, 0.6) is 0 Å². The Morgan fingerprint density at radius 2 is 2.13 bits per heavy atom. The van der Waals surface area contributed by atoms with Crippen LogP contribution in [-0.4, -0.2) is 29.9 Å². The van der Waals surface area contributed by atoms with Gasteiger partial charge < -0.3 is 10.2 Å². The summed E-state index contributed by atoms with van der Waals surface area (Å²) < 4.78 is 0. The topological polar surface area (TPSA) is 32.3 Å². The second kappa shape index (κ2) is 7.75. The fraction of sp³-hybridized carbons (Fsp3) is 0.421. The first-order valence-corrected chi connectivity index (χ1v) is 9.21. The largest absolute Gasteiger partial charge is 0.341 e.